The van der Waals surface area contributed by atoms with Crippen LogP contribution in [0.3, 0.4) is 0 Å². The van der Waals surface area contributed by atoms with Crippen molar-refractivity contribution in [1.82, 2.24) is 8.61 Å². The first kappa shape index (κ1) is 15.7. The second-order valence-electron chi connectivity index (χ2n) is 5.04. The van der Waals surface area contributed by atoms with Gasteiger partial charge in [-0.15, -0.1) is 0 Å². The van der Waals surface area contributed by atoms with Gasteiger partial charge < -0.3 is 5.11 Å². The second-order valence-corrected chi connectivity index (χ2v) is 7.52. The Bertz CT molecular complexity index is 547. The number of nitrogens with zero attached hydrogens (tertiary/aromatic N) is 2. The Morgan fingerprint density at radius 3 is 2.65 bits per heavy atom. The van der Waals surface area contributed by atoms with Gasteiger partial charge >= 0.3 is 0 Å². The summed E-state index contributed by atoms with van der Waals surface area (Å²) in [6, 6.07) is 7.09. The Kier molecular flexibility index (Phi) is 5.04. The zero-order valence-corrected chi connectivity index (χ0v) is 12.9. The van der Waals surface area contributed by atoms with E-state index in [9.17, 15) is 13.5 Å². The van der Waals surface area contributed by atoms with Crippen molar-refractivity contribution in [3.8, 4) is 0 Å². The Labute approximate surface area is 124 Å². The number of hydrogen-bond acceptors (Lipinski definition) is 3. The van der Waals surface area contributed by atoms with Crippen LogP contribution in [0.25, 0.3) is 0 Å². The van der Waals surface area contributed by atoms with Gasteiger partial charge in [-0.05, 0) is 30.5 Å². The van der Waals surface area contributed by atoms with E-state index in [-0.39, 0.29) is 13.1 Å². The van der Waals surface area contributed by atoms with Gasteiger partial charge in [0.05, 0.1) is 6.10 Å². The van der Waals surface area contributed by atoms with Crippen LogP contribution in [-0.2, 0) is 16.8 Å². The van der Waals surface area contributed by atoms with E-state index in [1.54, 1.807) is 31.3 Å². The van der Waals surface area contributed by atoms with Gasteiger partial charge in [0.1, 0.15) is 0 Å². The zero-order valence-electron chi connectivity index (χ0n) is 11.4. The summed E-state index contributed by atoms with van der Waals surface area (Å²) >= 11 is 5.81. The summed E-state index contributed by atoms with van der Waals surface area (Å²) in [7, 11) is -1.98. The highest BCUT2D eigenvalue weighted by molar-refractivity contribution is 7.86. The Morgan fingerprint density at radius 2 is 2.05 bits per heavy atom. The first-order valence-electron chi connectivity index (χ1n) is 6.53. The molecule has 0 aliphatic carbocycles. The van der Waals surface area contributed by atoms with Gasteiger partial charge in [0, 0.05) is 31.7 Å². The summed E-state index contributed by atoms with van der Waals surface area (Å²) in [6.45, 7) is 0.920. The maximum absolute atomic E-state index is 12.4. The summed E-state index contributed by atoms with van der Waals surface area (Å²) in [5.41, 5.74) is 0.873. The molecule has 112 valence electrons. The summed E-state index contributed by atoms with van der Waals surface area (Å²) in [6.07, 6.45) is 0.782. The first-order valence-corrected chi connectivity index (χ1v) is 8.31. The third-order valence-corrected chi connectivity index (χ3v) is 5.55. The molecular formula is C13H19ClN2O3S. The lowest BCUT2D eigenvalue weighted by Gasteiger charge is -2.32. The largest absolute Gasteiger partial charge is 0.392 e. The van der Waals surface area contributed by atoms with Crippen molar-refractivity contribution < 1.29 is 13.5 Å². The van der Waals surface area contributed by atoms with E-state index in [2.05, 4.69) is 0 Å². The molecule has 2 rings (SSSR count). The predicted octanol–water partition coefficient (Wildman–Crippen LogP) is 1.47. The molecule has 1 saturated heterocycles. The van der Waals surface area contributed by atoms with Gasteiger partial charge in [-0.2, -0.15) is 17.0 Å². The van der Waals surface area contributed by atoms with E-state index < -0.39 is 16.3 Å². The smallest absolute Gasteiger partial charge is 0.282 e. The molecule has 1 atom stereocenters. The molecule has 0 spiro atoms. The highest BCUT2D eigenvalue weighted by atomic mass is 35.5. The predicted molar refractivity (Wildman–Crippen MR) is 78.7 cm³/mol. The molecule has 0 bridgehead atoms. The molecule has 20 heavy (non-hydrogen) atoms. The number of benzene rings is 1. The fourth-order valence-corrected chi connectivity index (χ4v) is 3.81. The Morgan fingerprint density at radius 1 is 1.40 bits per heavy atom. The van der Waals surface area contributed by atoms with Gasteiger partial charge in [-0.3, -0.25) is 0 Å². The lowest BCUT2D eigenvalue weighted by molar-refractivity contribution is 0.105. The SMILES string of the molecule is CN(Cc1ccc(Cl)cc1)S(=O)(=O)N1CCCC(O)C1. The Balaban J connectivity index is 2.06. The third-order valence-electron chi connectivity index (χ3n) is 3.40. The van der Waals surface area contributed by atoms with Crippen LogP contribution in [0.15, 0.2) is 24.3 Å². The van der Waals surface area contributed by atoms with Crippen LogP contribution in [-0.4, -0.2) is 48.4 Å². The second kappa shape index (κ2) is 6.41. The molecule has 1 aromatic carbocycles. The number of rotatable bonds is 4. The topological polar surface area (TPSA) is 60.9 Å². The average Bonchev–Trinajstić information content (AvgIpc) is 2.41. The van der Waals surface area contributed by atoms with Crippen molar-refractivity contribution in [3.05, 3.63) is 34.9 Å². The average molecular weight is 319 g/mol. The van der Waals surface area contributed by atoms with Crippen molar-refractivity contribution in [2.75, 3.05) is 20.1 Å². The maximum atomic E-state index is 12.4. The van der Waals surface area contributed by atoms with Crippen molar-refractivity contribution in [3.63, 3.8) is 0 Å². The van der Waals surface area contributed by atoms with Crippen molar-refractivity contribution in [2.45, 2.75) is 25.5 Å². The van der Waals surface area contributed by atoms with Crippen molar-refractivity contribution in [1.29, 1.82) is 0 Å². The van der Waals surface area contributed by atoms with E-state index in [4.69, 9.17) is 11.6 Å². The summed E-state index contributed by atoms with van der Waals surface area (Å²) in [4.78, 5) is 0. The minimum Gasteiger partial charge on any atom is -0.392 e. The van der Waals surface area contributed by atoms with Gasteiger partial charge in [-0.1, -0.05) is 23.7 Å². The van der Waals surface area contributed by atoms with Crippen molar-refractivity contribution >= 4 is 21.8 Å². The fraction of sp³-hybridized carbons (Fsp3) is 0.538. The van der Waals surface area contributed by atoms with Gasteiger partial charge in [-0.25, -0.2) is 0 Å². The summed E-state index contributed by atoms with van der Waals surface area (Å²) in [5.74, 6) is 0. The van der Waals surface area contributed by atoms with Crippen LogP contribution >= 0.6 is 11.6 Å². The summed E-state index contributed by atoms with van der Waals surface area (Å²) < 4.78 is 27.5. The first-order chi connectivity index (χ1) is 9.39. The highest BCUT2D eigenvalue weighted by Crippen LogP contribution is 2.18. The molecule has 1 aliphatic rings. The monoisotopic (exact) mass is 318 g/mol. The number of β-amino-alcohol motifs (C(OH)–C–C–N with tert-alkyl or cyclic N) is 1. The molecule has 0 amide bonds. The maximum Gasteiger partial charge on any atom is 0.282 e. The fourth-order valence-electron chi connectivity index (χ4n) is 2.26. The highest BCUT2D eigenvalue weighted by Gasteiger charge is 2.31. The van der Waals surface area contributed by atoms with E-state index in [0.717, 1.165) is 5.56 Å². The molecule has 0 saturated carbocycles. The van der Waals surface area contributed by atoms with Crippen molar-refractivity contribution in [2.24, 2.45) is 0 Å². The quantitative estimate of drug-likeness (QED) is 0.914. The van der Waals surface area contributed by atoms with E-state index in [0.29, 0.717) is 24.4 Å². The third kappa shape index (κ3) is 3.71. The number of piperidine rings is 1. The van der Waals surface area contributed by atoms with Crippen LogP contribution < -0.4 is 0 Å². The van der Waals surface area contributed by atoms with Crippen LogP contribution in [0.4, 0.5) is 0 Å². The molecule has 1 fully saturated rings. The van der Waals surface area contributed by atoms with Crippen LogP contribution in [0.2, 0.25) is 5.02 Å². The van der Waals surface area contributed by atoms with Gasteiger partial charge in [0.15, 0.2) is 0 Å². The van der Waals surface area contributed by atoms with E-state index in [1.165, 1.54) is 8.61 Å². The number of aliphatic hydroxyl groups is 1. The van der Waals surface area contributed by atoms with E-state index in [1.807, 2.05) is 0 Å². The van der Waals surface area contributed by atoms with Crippen LogP contribution in [0, 0.1) is 0 Å². The lowest BCUT2D eigenvalue weighted by atomic mass is 10.1. The lowest BCUT2D eigenvalue weighted by Crippen LogP contribution is -2.47. The van der Waals surface area contributed by atoms with Gasteiger partial charge in [0.2, 0.25) is 0 Å². The minimum absolute atomic E-state index is 0.174. The van der Waals surface area contributed by atoms with Crippen LogP contribution in [0.1, 0.15) is 18.4 Å². The zero-order chi connectivity index (χ0) is 14.8. The molecule has 1 heterocycles. The molecular weight excluding hydrogens is 300 g/mol. The Hall–Kier alpha value is -0.660. The molecule has 1 aliphatic heterocycles. The number of aliphatic hydroxyl groups excluding tert-OH is 1. The normalized spacial score (nSPS) is 21.3. The molecule has 0 aromatic heterocycles. The van der Waals surface area contributed by atoms with E-state index >= 15 is 0 Å². The summed E-state index contributed by atoms with van der Waals surface area (Å²) in [5, 5.41) is 10.2. The molecule has 0 radical (unpaired) electrons. The molecule has 1 N–H and O–H groups in total. The number of hydrogen-bond donors (Lipinski definition) is 1. The molecule has 5 nitrogen and oxygen atoms in total. The van der Waals surface area contributed by atoms with Crippen LogP contribution in [0.5, 0.6) is 0 Å². The molecule has 1 aromatic rings. The standard InChI is InChI=1S/C13H19ClN2O3S/c1-15(9-11-4-6-12(14)7-5-11)20(18,19)16-8-2-3-13(17)10-16/h4-7,13,17H,2-3,8-10H2,1H3. The molecule has 1 unspecified atom stereocenters. The van der Waals surface area contributed by atoms with Gasteiger partial charge in [0.25, 0.3) is 10.2 Å². The minimum atomic E-state index is -3.53. The number of halogens is 1. The molecule has 7 heteroatoms.